The number of thiocarbonyl (C=S) groups is 1. The summed E-state index contributed by atoms with van der Waals surface area (Å²) >= 11 is 6.88. The lowest BCUT2D eigenvalue weighted by Gasteiger charge is -2.14. The molecule has 5 aromatic rings. The Labute approximate surface area is 205 Å². The number of hydrogen-bond acceptors (Lipinski definition) is 6. The number of anilines is 1. The fourth-order valence-electron chi connectivity index (χ4n) is 3.60. The lowest BCUT2D eigenvalue weighted by atomic mass is 10.0. The van der Waals surface area contributed by atoms with Crippen molar-refractivity contribution >= 4 is 45.2 Å². The van der Waals surface area contributed by atoms with E-state index in [1.165, 1.54) is 11.3 Å². The van der Waals surface area contributed by atoms with Crippen molar-refractivity contribution < 1.29 is 4.79 Å². The van der Waals surface area contributed by atoms with Crippen molar-refractivity contribution in [2.24, 2.45) is 0 Å². The maximum Gasteiger partial charge on any atom is 0.257 e. The molecule has 168 valence electrons. The van der Waals surface area contributed by atoms with Gasteiger partial charge in [-0.1, -0.05) is 65.9 Å². The minimum atomic E-state index is -0.268. The molecular weight excluding hydrogens is 464 g/mol. The molecule has 0 bridgehead atoms. The van der Waals surface area contributed by atoms with Gasteiger partial charge < -0.3 is 5.32 Å². The second-order valence-corrected chi connectivity index (χ2v) is 9.04. The largest absolute Gasteiger partial charge is 0.332 e. The molecule has 0 saturated carbocycles. The normalized spacial score (nSPS) is 10.9. The summed E-state index contributed by atoms with van der Waals surface area (Å²) < 4.78 is 1.73. The molecule has 34 heavy (non-hydrogen) atoms. The molecule has 0 unspecified atom stereocenters. The van der Waals surface area contributed by atoms with Crippen LogP contribution in [0.15, 0.2) is 72.8 Å². The number of carbonyl (C=O) groups excluding carboxylic acids is 1. The Bertz CT molecular complexity index is 1510. The number of fused-ring (bicyclic) bond motifs is 1. The van der Waals surface area contributed by atoms with Crippen molar-refractivity contribution in [3.8, 4) is 21.7 Å². The zero-order valence-corrected chi connectivity index (χ0v) is 20.1. The number of benzene rings is 3. The Morgan fingerprint density at radius 1 is 0.912 bits per heavy atom. The van der Waals surface area contributed by atoms with E-state index >= 15 is 0 Å². The molecule has 1 amide bonds. The zero-order valence-electron chi connectivity index (χ0n) is 18.4. The molecule has 7 nitrogen and oxygen atoms in total. The maximum absolute atomic E-state index is 12.7. The van der Waals surface area contributed by atoms with Gasteiger partial charge in [-0.15, -0.1) is 10.2 Å². The molecule has 0 saturated heterocycles. The molecule has 3 aromatic carbocycles. The third-order valence-electron chi connectivity index (χ3n) is 5.44. The lowest BCUT2D eigenvalue weighted by Crippen LogP contribution is -2.34. The number of nitrogens with one attached hydrogen (secondary N) is 2. The summed E-state index contributed by atoms with van der Waals surface area (Å²) in [4.78, 5) is 13.4. The van der Waals surface area contributed by atoms with Crippen LogP contribution in [-0.2, 0) is 0 Å². The van der Waals surface area contributed by atoms with Gasteiger partial charge in [-0.05, 0) is 61.0 Å². The summed E-state index contributed by atoms with van der Waals surface area (Å²) in [5.74, 6) is 0.472. The van der Waals surface area contributed by atoms with Gasteiger partial charge in [0, 0.05) is 16.8 Å². The van der Waals surface area contributed by atoms with E-state index in [0.29, 0.717) is 5.56 Å². The predicted molar refractivity (Wildman–Crippen MR) is 139 cm³/mol. The summed E-state index contributed by atoms with van der Waals surface area (Å²) in [6.07, 6.45) is 0. The summed E-state index contributed by atoms with van der Waals surface area (Å²) in [6, 6.07) is 23.3. The summed E-state index contributed by atoms with van der Waals surface area (Å²) in [5, 5.41) is 19.8. The summed E-state index contributed by atoms with van der Waals surface area (Å²) in [6.45, 7) is 3.85. The van der Waals surface area contributed by atoms with E-state index in [4.69, 9.17) is 12.2 Å². The van der Waals surface area contributed by atoms with Crippen LogP contribution in [0.1, 0.15) is 21.7 Å². The molecule has 5 rings (SSSR count). The van der Waals surface area contributed by atoms with Crippen molar-refractivity contribution in [2.45, 2.75) is 13.8 Å². The van der Waals surface area contributed by atoms with Gasteiger partial charge in [0.15, 0.2) is 10.9 Å². The first-order chi connectivity index (χ1) is 16.5. The number of aromatic nitrogens is 4. The maximum atomic E-state index is 12.7. The minimum Gasteiger partial charge on any atom is -0.332 e. The highest BCUT2D eigenvalue weighted by atomic mass is 32.1. The first kappa shape index (κ1) is 21.9. The quantitative estimate of drug-likeness (QED) is 0.339. The number of rotatable bonds is 4. The van der Waals surface area contributed by atoms with Crippen molar-refractivity contribution in [3.63, 3.8) is 0 Å². The zero-order chi connectivity index (χ0) is 23.7. The number of amides is 1. The Morgan fingerprint density at radius 3 is 2.38 bits per heavy atom. The SMILES string of the molecule is Cc1c(NC(=S)NC(=O)c2ccc(-c3ccccc3)cc2)cccc1-c1nn2c(C)nnc2s1. The highest BCUT2D eigenvalue weighted by Crippen LogP contribution is 2.31. The van der Waals surface area contributed by atoms with E-state index in [-0.39, 0.29) is 11.0 Å². The van der Waals surface area contributed by atoms with E-state index in [9.17, 15) is 4.79 Å². The van der Waals surface area contributed by atoms with Gasteiger partial charge in [0.25, 0.3) is 5.91 Å². The van der Waals surface area contributed by atoms with Crippen LogP contribution in [0.4, 0.5) is 5.69 Å². The van der Waals surface area contributed by atoms with Crippen LogP contribution in [0.25, 0.3) is 26.7 Å². The van der Waals surface area contributed by atoms with E-state index in [2.05, 4.69) is 25.9 Å². The highest BCUT2D eigenvalue weighted by Gasteiger charge is 2.15. The molecule has 0 atom stereocenters. The van der Waals surface area contributed by atoms with Crippen LogP contribution < -0.4 is 10.6 Å². The van der Waals surface area contributed by atoms with E-state index < -0.39 is 0 Å². The second-order valence-electron chi connectivity index (χ2n) is 7.68. The molecule has 2 N–H and O–H groups in total. The Morgan fingerprint density at radius 2 is 1.65 bits per heavy atom. The number of nitrogens with zero attached hydrogens (tertiary/aromatic N) is 4. The smallest absolute Gasteiger partial charge is 0.257 e. The van der Waals surface area contributed by atoms with Crippen LogP contribution in [-0.4, -0.2) is 30.8 Å². The molecule has 2 aromatic heterocycles. The van der Waals surface area contributed by atoms with Crippen molar-refractivity contribution in [1.82, 2.24) is 25.1 Å². The molecular formula is C25H20N6OS2. The number of aryl methyl sites for hydroxylation is 1. The number of carbonyl (C=O) groups is 1. The fraction of sp³-hybridized carbons (Fsp3) is 0.0800. The average molecular weight is 485 g/mol. The van der Waals surface area contributed by atoms with Crippen molar-refractivity contribution in [3.05, 3.63) is 89.7 Å². The van der Waals surface area contributed by atoms with Crippen LogP contribution in [0, 0.1) is 13.8 Å². The van der Waals surface area contributed by atoms with Crippen LogP contribution in [0.3, 0.4) is 0 Å². The molecule has 0 aliphatic rings. The van der Waals surface area contributed by atoms with E-state index in [1.807, 2.05) is 74.5 Å². The number of hydrogen-bond donors (Lipinski definition) is 2. The van der Waals surface area contributed by atoms with Crippen LogP contribution >= 0.6 is 23.6 Å². The molecule has 0 aliphatic heterocycles. The molecule has 0 radical (unpaired) electrons. The Kier molecular flexibility index (Phi) is 5.87. The van der Waals surface area contributed by atoms with E-state index in [1.54, 1.807) is 16.6 Å². The summed E-state index contributed by atoms with van der Waals surface area (Å²) in [7, 11) is 0. The van der Waals surface area contributed by atoms with Gasteiger partial charge in [-0.3, -0.25) is 10.1 Å². The Hall–Kier alpha value is -3.95. The highest BCUT2D eigenvalue weighted by molar-refractivity contribution is 7.80. The molecule has 0 fully saturated rings. The van der Waals surface area contributed by atoms with Gasteiger partial charge in [-0.25, -0.2) is 0 Å². The minimum absolute atomic E-state index is 0.228. The molecule has 9 heteroatoms. The van der Waals surface area contributed by atoms with Gasteiger partial charge in [0.05, 0.1) is 0 Å². The Balaban J connectivity index is 1.29. The van der Waals surface area contributed by atoms with Gasteiger partial charge in [0.1, 0.15) is 5.01 Å². The van der Waals surface area contributed by atoms with Gasteiger partial charge in [0.2, 0.25) is 4.96 Å². The van der Waals surface area contributed by atoms with Crippen molar-refractivity contribution in [2.75, 3.05) is 5.32 Å². The first-order valence-corrected chi connectivity index (χ1v) is 11.8. The fourth-order valence-corrected chi connectivity index (χ4v) is 4.77. The average Bonchev–Trinajstić information content (AvgIpc) is 3.43. The first-order valence-electron chi connectivity index (χ1n) is 10.6. The monoisotopic (exact) mass is 484 g/mol. The second kappa shape index (κ2) is 9.12. The third-order valence-corrected chi connectivity index (χ3v) is 6.58. The van der Waals surface area contributed by atoms with Crippen molar-refractivity contribution in [1.29, 1.82) is 0 Å². The molecule has 0 spiro atoms. The summed E-state index contributed by atoms with van der Waals surface area (Å²) in [5.41, 5.74) is 5.40. The van der Waals surface area contributed by atoms with Gasteiger partial charge in [-0.2, -0.15) is 9.61 Å². The van der Waals surface area contributed by atoms with Crippen LogP contribution in [0.2, 0.25) is 0 Å². The standard InChI is InChI=1S/C25H20N6OS2/c1-15-20(23-30-31-16(2)28-29-25(31)34-23)9-6-10-21(15)26-24(33)27-22(32)19-13-11-18(12-14-19)17-7-4-3-5-8-17/h3-14H,1-2H3,(H2,26,27,32,33). The van der Waals surface area contributed by atoms with Crippen LogP contribution in [0.5, 0.6) is 0 Å². The third kappa shape index (κ3) is 4.30. The van der Waals surface area contributed by atoms with E-state index in [0.717, 1.165) is 43.7 Å². The molecule has 0 aliphatic carbocycles. The lowest BCUT2D eigenvalue weighted by molar-refractivity contribution is 0.0977. The topological polar surface area (TPSA) is 84.2 Å². The van der Waals surface area contributed by atoms with Gasteiger partial charge >= 0.3 is 0 Å². The predicted octanol–water partition coefficient (Wildman–Crippen LogP) is 5.26. The molecule has 2 heterocycles.